The minimum Gasteiger partial charge on any atom is -0.449 e. The maximum Gasteiger partial charge on any atom is 0.404 e. The number of hydrogen-bond donors (Lipinski definition) is 2. The van der Waals surface area contributed by atoms with Crippen molar-refractivity contribution in [3.05, 3.63) is 11.3 Å². The highest BCUT2D eigenvalue weighted by Gasteiger charge is 2.79. The first-order chi connectivity index (χ1) is 13.1. The van der Waals surface area contributed by atoms with Crippen LogP contribution in [0.15, 0.2) is 11.3 Å². The Hall–Kier alpha value is -1.43. The van der Waals surface area contributed by atoms with Crippen LogP contribution in [0.4, 0.5) is 4.79 Å². The number of fused-ring (bicyclic) bond motifs is 4. The molecule has 5 aliphatic rings. The number of hydrogen-bond acceptors (Lipinski definition) is 9. The fourth-order valence-corrected chi connectivity index (χ4v) is 5.69. The molecule has 4 aliphatic heterocycles. The Labute approximate surface area is 169 Å². The number of nitrogens with two attached hydrogens (primary N) is 1. The van der Waals surface area contributed by atoms with Gasteiger partial charge in [-0.1, -0.05) is 23.2 Å². The van der Waals surface area contributed by atoms with Crippen molar-refractivity contribution in [2.75, 3.05) is 33.4 Å². The summed E-state index contributed by atoms with van der Waals surface area (Å²) in [4.78, 5) is 41.3. The van der Waals surface area contributed by atoms with E-state index in [4.69, 9.17) is 43.1 Å². The van der Waals surface area contributed by atoms with Gasteiger partial charge in [0.05, 0.1) is 30.9 Å². The van der Waals surface area contributed by atoms with E-state index >= 15 is 0 Å². The van der Waals surface area contributed by atoms with E-state index in [1.807, 2.05) is 11.9 Å². The van der Waals surface area contributed by atoms with Gasteiger partial charge in [-0.3, -0.25) is 14.5 Å². The second kappa shape index (κ2) is 5.38. The first kappa shape index (κ1) is 18.6. The van der Waals surface area contributed by atoms with Gasteiger partial charge in [-0.2, -0.15) is 0 Å². The Morgan fingerprint density at radius 2 is 1.96 bits per heavy atom. The molecule has 4 heterocycles. The fourth-order valence-electron chi connectivity index (χ4n) is 5.12. The SMILES string of the molecule is CN1[C@H]2[C@@H]1CN1C3=C(C(=O)C4(OCCO4)C(Cl)(Cl)C3=O)[C@H](COC(N)=O)[C@@]21O. The lowest BCUT2D eigenvalue weighted by atomic mass is 9.80. The summed E-state index contributed by atoms with van der Waals surface area (Å²) in [5, 5.41) is 11.6. The van der Waals surface area contributed by atoms with Gasteiger partial charge < -0.3 is 30.0 Å². The summed E-state index contributed by atoms with van der Waals surface area (Å²) in [6, 6.07) is -0.380. The summed E-state index contributed by atoms with van der Waals surface area (Å²) in [6.07, 6.45) is -1.07. The van der Waals surface area contributed by atoms with Gasteiger partial charge in [-0.25, -0.2) is 4.79 Å². The van der Waals surface area contributed by atoms with Crippen molar-refractivity contribution in [1.29, 1.82) is 0 Å². The minimum atomic E-state index is -2.32. The van der Waals surface area contributed by atoms with E-state index in [1.165, 1.54) is 4.90 Å². The van der Waals surface area contributed by atoms with Gasteiger partial charge in [-0.15, -0.1) is 0 Å². The first-order valence-electron chi connectivity index (χ1n) is 8.72. The highest BCUT2D eigenvalue weighted by Crippen LogP contribution is 2.61. The molecule has 3 saturated heterocycles. The van der Waals surface area contributed by atoms with Gasteiger partial charge in [-0.05, 0) is 7.05 Å². The molecule has 1 spiro atoms. The van der Waals surface area contributed by atoms with Gasteiger partial charge in [0.25, 0.3) is 5.79 Å². The molecule has 12 heteroatoms. The lowest BCUT2D eigenvalue weighted by molar-refractivity contribution is -0.185. The lowest BCUT2D eigenvalue weighted by Crippen LogP contribution is -2.62. The van der Waals surface area contributed by atoms with E-state index in [1.54, 1.807) is 0 Å². The van der Waals surface area contributed by atoms with E-state index in [-0.39, 0.29) is 36.6 Å². The molecule has 0 aromatic carbocycles. The number of ketones is 2. The third-order valence-corrected chi connectivity index (χ3v) is 7.24. The van der Waals surface area contributed by atoms with Crippen LogP contribution >= 0.6 is 23.2 Å². The molecular weight excluding hydrogens is 417 g/mol. The summed E-state index contributed by atoms with van der Waals surface area (Å²) in [6.45, 7) is -0.0640. The summed E-state index contributed by atoms with van der Waals surface area (Å²) < 4.78 is 13.5. The zero-order valence-corrected chi connectivity index (χ0v) is 16.2. The van der Waals surface area contributed by atoms with Gasteiger partial charge in [0, 0.05) is 18.2 Å². The normalized spacial score (nSPS) is 41.9. The monoisotopic (exact) mass is 433 g/mol. The number of carbonyl (C=O) groups is 3. The second-order valence-electron chi connectivity index (χ2n) is 7.56. The number of ether oxygens (including phenoxy) is 3. The minimum absolute atomic E-state index is 0.0204. The third kappa shape index (κ3) is 1.86. The maximum absolute atomic E-state index is 13.5. The molecular formula is C16H17Cl2N3O7. The van der Waals surface area contributed by atoms with Gasteiger partial charge >= 0.3 is 6.09 Å². The zero-order chi connectivity index (χ0) is 20.2. The molecule has 5 atom stereocenters. The smallest absolute Gasteiger partial charge is 0.404 e. The van der Waals surface area contributed by atoms with E-state index in [9.17, 15) is 19.5 Å². The molecule has 28 heavy (non-hydrogen) atoms. The van der Waals surface area contributed by atoms with Crippen LogP contribution in [-0.2, 0) is 23.8 Å². The Bertz CT molecular complexity index is 855. The Morgan fingerprint density at radius 1 is 1.32 bits per heavy atom. The molecule has 0 aromatic rings. The predicted octanol–water partition coefficient (Wildman–Crippen LogP) is -1.28. The van der Waals surface area contributed by atoms with Crippen LogP contribution in [-0.4, -0.2) is 93.9 Å². The highest BCUT2D eigenvalue weighted by molar-refractivity contribution is 6.63. The van der Waals surface area contributed by atoms with Gasteiger partial charge in [0.15, 0.2) is 5.72 Å². The Kier molecular flexibility index (Phi) is 3.57. The van der Waals surface area contributed by atoms with Crippen molar-refractivity contribution in [3.63, 3.8) is 0 Å². The molecule has 10 nitrogen and oxygen atoms in total. The van der Waals surface area contributed by atoms with Gasteiger partial charge in [0.2, 0.25) is 15.9 Å². The predicted molar refractivity (Wildman–Crippen MR) is 92.1 cm³/mol. The van der Waals surface area contributed by atoms with Crippen molar-refractivity contribution in [3.8, 4) is 0 Å². The van der Waals surface area contributed by atoms with Crippen LogP contribution in [0.1, 0.15) is 0 Å². The molecule has 3 fully saturated rings. The molecule has 0 aromatic heterocycles. The molecule has 1 amide bonds. The van der Waals surface area contributed by atoms with E-state index in [2.05, 4.69) is 0 Å². The zero-order valence-electron chi connectivity index (χ0n) is 14.7. The topological polar surface area (TPSA) is 131 Å². The largest absolute Gasteiger partial charge is 0.449 e. The third-order valence-electron chi connectivity index (χ3n) is 6.40. The number of rotatable bonds is 2. The number of likely N-dealkylation sites (N-methyl/N-ethyl adjacent to an activating group) is 1. The molecule has 1 unspecified atom stereocenters. The quantitative estimate of drug-likeness (QED) is 0.403. The second-order valence-corrected chi connectivity index (χ2v) is 8.89. The number of nitrogens with zero attached hydrogens (tertiary/aromatic N) is 2. The number of aliphatic hydroxyl groups is 1. The molecule has 1 aliphatic carbocycles. The van der Waals surface area contributed by atoms with Crippen LogP contribution in [0.2, 0.25) is 0 Å². The Balaban J connectivity index is 1.67. The molecule has 0 bridgehead atoms. The summed E-state index contributed by atoms with van der Waals surface area (Å²) >= 11 is 12.6. The highest BCUT2D eigenvalue weighted by atomic mass is 35.5. The average Bonchev–Trinajstić information content (AvgIpc) is 2.98. The van der Waals surface area contributed by atoms with E-state index < -0.39 is 46.0 Å². The van der Waals surface area contributed by atoms with Crippen molar-refractivity contribution in [1.82, 2.24) is 9.80 Å². The number of primary amides is 1. The van der Waals surface area contributed by atoms with Crippen LogP contribution in [0.25, 0.3) is 0 Å². The van der Waals surface area contributed by atoms with Crippen LogP contribution in [0.3, 0.4) is 0 Å². The van der Waals surface area contributed by atoms with Crippen LogP contribution in [0.5, 0.6) is 0 Å². The van der Waals surface area contributed by atoms with E-state index in [0.717, 1.165) is 0 Å². The number of amides is 1. The molecule has 5 rings (SSSR count). The maximum atomic E-state index is 13.5. The van der Waals surface area contributed by atoms with Crippen molar-refractivity contribution in [2.24, 2.45) is 11.7 Å². The number of allylic oxidation sites excluding steroid dienone is 1. The van der Waals surface area contributed by atoms with Crippen molar-refractivity contribution < 1.29 is 33.7 Å². The van der Waals surface area contributed by atoms with Crippen LogP contribution < -0.4 is 5.73 Å². The molecule has 0 saturated carbocycles. The Morgan fingerprint density at radius 3 is 2.57 bits per heavy atom. The fraction of sp³-hybridized carbons (Fsp3) is 0.688. The summed E-state index contributed by atoms with van der Waals surface area (Å²) in [5.41, 5.74) is 3.29. The van der Waals surface area contributed by atoms with Crippen molar-refractivity contribution in [2.45, 2.75) is 27.9 Å². The molecule has 3 N–H and O–H groups in total. The average molecular weight is 434 g/mol. The number of carbonyl (C=O) groups excluding carboxylic acids is 3. The standard InChI is InChI=1S/C16H17Cl2N3O7/c1-20-7-4-21-9-8(6(5-26-13(19)24)14(21,25)10(7)20)11(22)16(27-2-3-28-16)15(17,18)12(9)23/h6-7,10,25H,2-5H2,1H3,(H2,19,24)/t6-,7-,10-,14+,20?/m0/s1. The van der Waals surface area contributed by atoms with Crippen molar-refractivity contribution >= 4 is 40.9 Å². The molecule has 0 radical (unpaired) electrons. The number of alkyl halides is 2. The van der Waals surface area contributed by atoms with Crippen LogP contribution in [0, 0.1) is 5.92 Å². The number of piperazine rings is 1. The number of halogens is 2. The lowest BCUT2D eigenvalue weighted by Gasteiger charge is -2.40. The summed E-state index contributed by atoms with van der Waals surface area (Å²) in [5.74, 6) is -4.80. The van der Waals surface area contributed by atoms with E-state index in [0.29, 0.717) is 6.54 Å². The first-order valence-corrected chi connectivity index (χ1v) is 9.48. The molecule has 152 valence electrons. The summed E-state index contributed by atoms with van der Waals surface area (Å²) in [7, 11) is 1.82. The van der Waals surface area contributed by atoms with Gasteiger partial charge in [0.1, 0.15) is 6.61 Å². The number of Topliss-reactive ketones (excluding diaryl/α,β-unsaturated/α-hetero) is 2.